The van der Waals surface area contributed by atoms with Gasteiger partial charge in [-0.25, -0.2) is 4.79 Å². The molecule has 12 atom stereocenters. The van der Waals surface area contributed by atoms with Gasteiger partial charge < -0.3 is 135 Å². The van der Waals surface area contributed by atoms with Crippen LogP contribution in [-0.4, -0.2) is 243 Å². The number of hydrogen-bond acceptors (Lipinski definition) is 23. The van der Waals surface area contributed by atoms with Crippen molar-refractivity contribution >= 4 is 101 Å². The van der Waals surface area contributed by atoms with Crippen molar-refractivity contribution in [2.45, 2.75) is 221 Å². The summed E-state index contributed by atoms with van der Waals surface area (Å²) in [6.07, 6.45) is -2.60. The Kier molecular flexibility index (Phi) is 42.8. The summed E-state index contributed by atoms with van der Waals surface area (Å²) in [5, 5.41) is 74.0. The number of unbranched alkanes of at least 4 members (excludes halogenated alkanes) is 3. The van der Waals surface area contributed by atoms with Crippen LogP contribution in [0, 0.1) is 5.92 Å². The first kappa shape index (κ1) is 95.8. The number of aliphatic hydroxyl groups excluding tert-OH is 1. The summed E-state index contributed by atoms with van der Waals surface area (Å²) in [4.78, 5) is 215. The number of carbonyl (C=O) groups is 15. The Morgan fingerprint density at radius 1 is 0.460 bits per heavy atom. The maximum Gasteiger partial charge on any atom is 0.326 e. The summed E-state index contributed by atoms with van der Waals surface area (Å²) >= 11 is 0. The van der Waals surface area contributed by atoms with Crippen LogP contribution in [0.1, 0.15) is 146 Å². The van der Waals surface area contributed by atoms with Gasteiger partial charge in [0.1, 0.15) is 72.2 Å². The highest BCUT2D eigenvalue weighted by Crippen LogP contribution is 2.26. The highest BCUT2D eigenvalue weighted by atomic mass is 16.4. The summed E-state index contributed by atoms with van der Waals surface area (Å²) in [6, 6.07) is -6.35. The van der Waals surface area contributed by atoms with Crippen LogP contribution in [0.3, 0.4) is 0 Å². The van der Waals surface area contributed by atoms with Gasteiger partial charge in [-0.1, -0.05) is 50.2 Å². The fraction of sp³-hybridized carbons (Fsp3) is 0.592. The molecule has 0 bridgehead atoms. The molecule has 0 saturated heterocycles. The summed E-state index contributed by atoms with van der Waals surface area (Å²) < 4.78 is 0. The molecule has 113 heavy (non-hydrogen) atoms. The fourth-order valence-corrected chi connectivity index (χ4v) is 11.9. The number of phenolic OH excluding ortho intramolecular Hbond substituents is 1. The number of carboxylic acids is 3. The second-order valence-electron chi connectivity index (χ2n) is 27.5. The SMILES string of the molecule is CC(C)[C@H](NC(=O)[C@@H]1Cc2ccccc2CN1C(=O)[C@H](CCCN=C(N)N)NC(=O)[C@H](CCCCN)NC(=O)[C@H](CO)NC(=O)[C@H](CCCN=C(N)N)NC(=O)[C@H](CCC(=O)O)NC(=O)[C@H](CCCCN)NC(=O)[C@H](N)Cc1ccc(O)cc1)C(=O)N[C@@H](CCC(N)=O)C(=O)N[C@@H](CCCCN)C(=O)N[C@@H](CC(=O)O)C(=O)O. The number of rotatable bonds is 54. The smallest absolute Gasteiger partial charge is 0.326 e. The monoisotopic (exact) mass is 1590 g/mol. The molecule has 42 heteroatoms. The van der Waals surface area contributed by atoms with Crippen LogP contribution in [0.4, 0.5) is 0 Å². The van der Waals surface area contributed by atoms with Crippen LogP contribution in [-0.2, 0) is 91.3 Å². The number of amides is 12. The lowest BCUT2D eigenvalue weighted by molar-refractivity contribution is -0.147. The molecular formula is C71H114N22O20. The number of guanidine groups is 2. The van der Waals surface area contributed by atoms with Gasteiger partial charge in [0.15, 0.2) is 11.9 Å². The van der Waals surface area contributed by atoms with Crippen molar-refractivity contribution in [2.24, 2.45) is 67.5 Å². The van der Waals surface area contributed by atoms with Crippen molar-refractivity contribution in [2.75, 3.05) is 39.3 Å². The van der Waals surface area contributed by atoms with Crippen molar-refractivity contribution in [3.63, 3.8) is 0 Å². The number of primary amides is 1. The highest BCUT2D eigenvalue weighted by Gasteiger charge is 2.42. The lowest BCUT2D eigenvalue weighted by Gasteiger charge is -2.39. The van der Waals surface area contributed by atoms with Gasteiger partial charge in [0.05, 0.1) is 19.1 Å². The minimum atomic E-state index is -1.91. The van der Waals surface area contributed by atoms with E-state index in [1.165, 1.54) is 30.9 Å². The zero-order valence-electron chi connectivity index (χ0n) is 63.6. The summed E-state index contributed by atoms with van der Waals surface area (Å²) in [7, 11) is 0. The number of nitrogens with zero attached hydrogens (tertiary/aromatic N) is 3. The zero-order chi connectivity index (χ0) is 84.4. The van der Waals surface area contributed by atoms with Crippen LogP contribution in [0.25, 0.3) is 0 Å². The zero-order valence-corrected chi connectivity index (χ0v) is 63.6. The number of nitrogens with two attached hydrogens (primary N) is 9. The predicted octanol–water partition coefficient (Wildman–Crippen LogP) is -7.10. The lowest BCUT2D eigenvalue weighted by atomic mass is 9.91. The van der Waals surface area contributed by atoms with Gasteiger partial charge in [-0.2, -0.15) is 0 Å². The number of benzene rings is 2. The molecule has 1 aliphatic rings. The molecule has 2 aromatic carbocycles. The van der Waals surface area contributed by atoms with E-state index in [0.717, 1.165) is 0 Å². The average Bonchev–Trinajstić information content (AvgIpc) is 0.783. The molecule has 0 aliphatic carbocycles. The second-order valence-corrected chi connectivity index (χ2v) is 27.5. The first-order chi connectivity index (χ1) is 53.5. The van der Waals surface area contributed by atoms with Crippen LogP contribution in [0.2, 0.25) is 0 Å². The Morgan fingerprint density at radius 2 is 0.850 bits per heavy atom. The van der Waals surface area contributed by atoms with E-state index in [1.807, 2.05) is 0 Å². The number of aliphatic hydroxyl groups is 1. The van der Waals surface area contributed by atoms with Crippen molar-refractivity contribution in [1.82, 2.24) is 58.1 Å². The van der Waals surface area contributed by atoms with Gasteiger partial charge in [-0.15, -0.1) is 0 Å². The lowest BCUT2D eigenvalue weighted by Crippen LogP contribution is -2.62. The first-order valence-electron chi connectivity index (χ1n) is 37.3. The summed E-state index contributed by atoms with van der Waals surface area (Å²) in [5.41, 5.74) is 53.0. The third kappa shape index (κ3) is 35.3. The molecule has 33 N–H and O–H groups in total. The van der Waals surface area contributed by atoms with Crippen molar-refractivity contribution in [1.29, 1.82) is 0 Å². The molecule has 628 valence electrons. The number of phenols is 1. The number of aromatic hydroxyl groups is 1. The number of aliphatic imine (C=N–C) groups is 2. The summed E-state index contributed by atoms with van der Waals surface area (Å²) in [6.45, 7) is 1.96. The maximum atomic E-state index is 15.4. The van der Waals surface area contributed by atoms with Gasteiger partial charge in [-0.3, -0.25) is 77.1 Å². The van der Waals surface area contributed by atoms with Crippen LogP contribution in [0.15, 0.2) is 58.5 Å². The normalized spacial score (nSPS) is 15.2. The van der Waals surface area contributed by atoms with Gasteiger partial charge in [0.2, 0.25) is 70.9 Å². The number of aliphatic carboxylic acids is 3. The molecule has 0 unspecified atom stereocenters. The molecule has 12 amide bonds. The average molecular weight is 1600 g/mol. The van der Waals surface area contributed by atoms with E-state index in [2.05, 4.69) is 63.2 Å². The molecule has 3 rings (SSSR count). The Bertz CT molecular complexity index is 3600. The number of fused-ring (bicyclic) bond motifs is 1. The van der Waals surface area contributed by atoms with Crippen LogP contribution < -0.4 is 105 Å². The number of carboxylic acid groups (broad SMARTS) is 3. The van der Waals surface area contributed by atoms with E-state index >= 15 is 9.59 Å². The molecule has 1 aliphatic heterocycles. The highest BCUT2D eigenvalue weighted by molar-refractivity contribution is 6.00. The third-order valence-corrected chi connectivity index (χ3v) is 18.1. The molecule has 2 aromatic rings. The van der Waals surface area contributed by atoms with Crippen LogP contribution in [0.5, 0.6) is 5.75 Å². The van der Waals surface area contributed by atoms with E-state index in [-0.39, 0.29) is 128 Å². The maximum absolute atomic E-state index is 15.4. The predicted molar refractivity (Wildman–Crippen MR) is 409 cm³/mol. The second kappa shape index (κ2) is 50.5. The molecule has 42 nitrogen and oxygen atoms in total. The van der Waals surface area contributed by atoms with E-state index in [1.54, 1.807) is 36.4 Å². The van der Waals surface area contributed by atoms with E-state index in [9.17, 15) is 87.9 Å². The molecule has 0 aromatic heterocycles. The molecule has 0 saturated carbocycles. The third-order valence-electron chi connectivity index (χ3n) is 18.1. The number of carbonyl (C=O) groups excluding carboxylic acids is 12. The summed E-state index contributed by atoms with van der Waals surface area (Å²) in [5.74, 6) is -18.0. The Balaban J connectivity index is 2.03. The number of nitrogens with one attached hydrogen (secondary N) is 10. The fourth-order valence-electron chi connectivity index (χ4n) is 11.9. The Labute approximate surface area is 653 Å². The largest absolute Gasteiger partial charge is 0.508 e. The van der Waals surface area contributed by atoms with Gasteiger partial charge >= 0.3 is 17.9 Å². The minimum absolute atomic E-state index is 0.00874. The van der Waals surface area contributed by atoms with Crippen LogP contribution >= 0.6 is 0 Å². The quantitative estimate of drug-likeness (QED) is 0.0166. The van der Waals surface area contributed by atoms with Gasteiger partial charge in [-0.05, 0) is 157 Å². The molecular weight excluding hydrogens is 1480 g/mol. The van der Waals surface area contributed by atoms with E-state index in [4.69, 9.17) is 51.6 Å². The van der Waals surface area contributed by atoms with Crippen molar-refractivity contribution < 1.29 is 97.5 Å². The molecule has 0 radical (unpaired) electrons. The minimum Gasteiger partial charge on any atom is -0.508 e. The van der Waals surface area contributed by atoms with E-state index in [0.29, 0.717) is 42.4 Å². The number of hydrogen-bond donors (Lipinski definition) is 24. The van der Waals surface area contributed by atoms with Gasteiger partial charge in [0, 0.05) is 38.9 Å². The Morgan fingerprint density at radius 3 is 1.27 bits per heavy atom. The first-order valence-corrected chi connectivity index (χ1v) is 37.3. The molecule has 0 spiro atoms. The molecule has 1 heterocycles. The van der Waals surface area contributed by atoms with Crippen molar-refractivity contribution in [3.8, 4) is 5.75 Å². The Hall–Kier alpha value is -11.4. The van der Waals surface area contributed by atoms with E-state index < -0.39 is 206 Å². The van der Waals surface area contributed by atoms with Crippen molar-refractivity contribution in [3.05, 3.63) is 65.2 Å². The topological polar surface area (TPSA) is 740 Å². The molecule has 0 fully saturated rings. The standard InChI is InChI=1S/C71H114N22O20/c1-38(2)57(67(110)88-48(24-26-54(76)96)63(106)84-46(17-7-10-30-74)61(104)90-51(69(112)113)35-56(99)100)92-66(109)53-34-40-13-3-4-14-41(40)36-93(53)68(111)50(19-12-32-82-71(79)80)89-60(103)45(16-6-9-29-73)86-65(108)52(37-94)91-62(105)47(18-11-31-81-70(77)78)85-64(107)49(25-27-55(97)98)87-59(102)44(15-5-8-28-72)83-58(101)43(75)33-39-20-22-42(95)23-21-39/h3-4,13-14,20-23,38,43-53,57,94-95H,5-12,15-19,24-37,72-75H2,1-2H3,(H2,76,96)(H,83,101)(H,84,106)(H,85,107)(H,86,108)(H,87,102)(H,88,110)(H,89,103)(H,90,104)(H,91,105)(H,92,109)(H,97,98)(H,99,100)(H,112,113)(H4,77,78,81)(H4,79,80,82)/t43-,44+,45+,46+,47+,48+,49+,50+,51+,52+,53+,57+/m1/s1. The van der Waals surface area contributed by atoms with Gasteiger partial charge in [0.25, 0.3) is 0 Å².